The Morgan fingerprint density at radius 1 is 1.55 bits per heavy atom. The van der Waals surface area contributed by atoms with Crippen LogP contribution in [0.4, 0.5) is 11.4 Å². The summed E-state index contributed by atoms with van der Waals surface area (Å²) in [6, 6.07) is 5.53. The summed E-state index contributed by atoms with van der Waals surface area (Å²) in [5, 5.41) is 0. The summed E-state index contributed by atoms with van der Waals surface area (Å²) in [5.74, 6) is 0.449. The highest BCUT2D eigenvalue weighted by molar-refractivity contribution is 5.88. The van der Waals surface area contributed by atoms with Gasteiger partial charge < -0.3 is 20.1 Å². The lowest BCUT2D eigenvalue weighted by Crippen LogP contribution is -2.56. The van der Waals surface area contributed by atoms with Gasteiger partial charge in [-0.25, -0.2) is 4.79 Å². The van der Waals surface area contributed by atoms with Gasteiger partial charge in [-0.05, 0) is 39.8 Å². The van der Waals surface area contributed by atoms with Crippen molar-refractivity contribution in [1.29, 1.82) is 0 Å². The fourth-order valence-electron chi connectivity index (χ4n) is 2.45. The highest BCUT2D eigenvalue weighted by Crippen LogP contribution is 2.41. The van der Waals surface area contributed by atoms with Crippen molar-refractivity contribution in [1.82, 2.24) is 0 Å². The molecule has 20 heavy (non-hydrogen) atoms. The van der Waals surface area contributed by atoms with Crippen LogP contribution in [0.1, 0.15) is 27.7 Å². The molecule has 1 aliphatic heterocycles. The predicted octanol–water partition coefficient (Wildman–Crippen LogP) is 2.20. The number of carbonyl (C=O) groups excluding carboxylic acids is 1. The van der Waals surface area contributed by atoms with Gasteiger partial charge in [0.15, 0.2) is 0 Å². The summed E-state index contributed by atoms with van der Waals surface area (Å²) in [5.41, 5.74) is 6.65. The zero-order valence-electron chi connectivity index (χ0n) is 12.5. The number of rotatable bonds is 3. The maximum Gasteiger partial charge on any atom is 0.331 e. The van der Waals surface area contributed by atoms with Crippen LogP contribution in [-0.4, -0.2) is 30.8 Å². The van der Waals surface area contributed by atoms with Gasteiger partial charge in [0.2, 0.25) is 0 Å². The van der Waals surface area contributed by atoms with Gasteiger partial charge in [0, 0.05) is 0 Å². The minimum atomic E-state index is -0.793. The third kappa shape index (κ3) is 2.40. The van der Waals surface area contributed by atoms with Crippen LogP contribution in [-0.2, 0) is 9.53 Å². The van der Waals surface area contributed by atoms with E-state index in [4.69, 9.17) is 15.2 Å². The van der Waals surface area contributed by atoms with Crippen LogP contribution in [0.15, 0.2) is 18.2 Å². The molecule has 5 nitrogen and oxygen atoms in total. The van der Waals surface area contributed by atoms with Crippen molar-refractivity contribution in [2.24, 2.45) is 0 Å². The van der Waals surface area contributed by atoms with E-state index < -0.39 is 5.54 Å². The van der Waals surface area contributed by atoms with E-state index in [0.717, 1.165) is 5.69 Å². The second-order valence-electron chi connectivity index (χ2n) is 5.51. The van der Waals surface area contributed by atoms with E-state index in [-0.39, 0.29) is 12.1 Å². The van der Waals surface area contributed by atoms with Gasteiger partial charge in [-0.2, -0.15) is 0 Å². The smallest absolute Gasteiger partial charge is 0.331 e. The molecule has 0 saturated heterocycles. The van der Waals surface area contributed by atoms with Gasteiger partial charge in [-0.3, -0.25) is 0 Å². The molecule has 110 valence electrons. The first-order valence-corrected chi connectivity index (χ1v) is 6.88. The quantitative estimate of drug-likeness (QED) is 0.678. The Bertz CT molecular complexity index is 514. The van der Waals surface area contributed by atoms with Crippen molar-refractivity contribution in [2.45, 2.75) is 39.3 Å². The number of nitrogens with two attached hydrogens (primary N) is 1. The lowest BCUT2D eigenvalue weighted by atomic mass is 9.99. The van der Waals surface area contributed by atoms with Crippen molar-refractivity contribution in [2.75, 3.05) is 23.8 Å². The molecule has 0 fully saturated rings. The zero-order valence-corrected chi connectivity index (χ0v) is 12.5. The van der Waals surface area contributed by atoms with Crippen LogP contribution in [0, 0.1) is 0 Å². The molecule has 2 rings (SSSR count). The number of ether oxygens (including phenoxy) is 2. The SMILES string of the molecule is CCOC(=O)C(C)(C)N1CC(C)Oc2cccc(N)c21. The highest BCUT2D eigenvalue weighted by Gasteiger charge is 2.41. The fourth-order valence-corrected chi connectivity index (χ4v) is 2.45. The summed E-state index contributed by atoms with van der Waals surface area (Å²) in [6.45, 7) is 8.42. The van der Waals surface area contributed by atoms with Gasteiger partial charge in [0.1, 0.15) is 23.1 Å². The van der Waals surface area contributed by atoms with Gasteiger partial charge in [-0.15, -0.1) is 0 Å². The molecule has 1 heterocycles. The Balaban J connectivity index is 2.45. The third-order valence-electron chi connectivity index (χ3n) is 3.52. The molecule has 1 aromatic rings. The van der Waals surface area contributed by atoms with Crippen molar-refractivity contribution in [3.8, 4) is 5.75 Å². The van der Waals surface area contributed by atoms with Crippen LogP contribution in [0.25, 0.3) is 0 Å². The van der Waals surface area contributed by atoms with Gasteiger partial charge in [-0.1, -0.05) is 6.07 Å². The molecule has 0 aliphatic carbocycles. The molecule has 1 aliphatic rings. The Labute approximate surface area is 119 Å². The molecule has 0 amide bonds. The van der Waals surface area contributed by atoms with Crippen LogP contribution in [0.3, 0.4) is 0 Å². The van der Waals surface area contributed by atoms with Crippen LogP contribution in [0.2, 0.25) is 0 Å². The predicted molar refractivity (Wildman–Crippen MR) is 79.0 cm³/mol. The summed E-state index contributed by atoms with van der Waals surface area (Å²) < 4.78 is 11.0. The Hall–Kier alpha value is -1.91. The molecule has 1 aromatic carbocycles. The standard InChI is InChI=1S/C15H22N2O3/c1-5-19-14(18)15(3,4)17-9-10(2)20-12-8-6-7-11(16)13(12)17/h6-8,10H,5,9,16H2,1-4H3. The molecular weight excluding hydrogens is 256 g/mol. The maximum absolute atomic E-state index is 12.2. The molecule has 0 aromatic heterocycles. The first kappa shape index (κ1) is 14.5. The molecular formula is C15H22N2O3. The molecule has 0 radical (unpaired) electrons. The Morgan fingerprint density at radius 3 is 2.90 bits per heavy atom. The van der Waals surface area contributed by atoms with E-state index in [1.807, 2.05) is 43.9 Å². The summed E-state index contributed by atoms with van der Waals surface area (Å²) >= 11 is 0. The Morgan fingerprint density at radius 2 is 2.25 bits per heavy atom. The highest BCUT2D eigenvalue weighted by atomic mass is 16.5. The lowest BCUT2D eigenvalue weighted by molar-refractivity contribution is -0.148. The number of benzene rings is 1. The average molecular weight is 278 g/mol. The number of anilines is 2. The topological polar surface area (TPSA) is 64.8 Å². The number of para-hydroxylation sites is 1. The summed E-state index contributed by atoms with van der Waals surface area (Å²) in [4.78, 5) is 14.2. The van der Waals surface area contributed by atoms with Crippen LogP contribution < -0.4 is 15.4 Å². The maximum atomic E-state index is 12.2. The number of carbonyl (C=O) groups is 1. The molecule has 1 atom stereocenters. The van der Waals surface area contributed by atoms with Crippen molar-refractivity contribution in [3.05, 3.63) is 18.2 Å². The van der Waals surface area contributed by atoms with Crippen LogP contribution >= 0.6 is 0 Å². The molecule has 5 heteroatoms. The summed E-state index contributed by atoms with van der Waals surface area (Å²) in [6.07, 6.45) is -0.0157. The van der Waals surface area contributed by atoms with E-state index in [0.29, 0.717) is 24.6 Å². The minimum absolute atomic E-state index is 0.0157. The van der Waals surface area contributed by atoms with Gasteiger partial charge in [0.05, 0.1) is 18.8 Å². The molecule has 0 saturated carbocycles. The van der Waals surface area contributed by atoms with Crippen molar-refractivity contribution < 1.29 is 14.3 Å². The second-order valence-corrected chi connectivity index (χ2v) is 5.51. The zero-order chi connectivity index (χ0) is 14.9. The fraction of sp³-hybridized carbons (Fsp3) is 0.533. The lowest BCUT2D eigenvalue weighted by Gasteiger charge is -2.44. The minimum Gasteiger partial charge on any atom is -0.487 e. The first-order valence-electron chi connectivity index (χ1n) is 6.88. The molecule has 1 unspecified atom stereocenters. The monoisotopic (exact) mass is 278 g/mol. The molecule has 0 spiro atoms. The normalized spacial score (nSPS) is 18.2. The Kier molecular flexibility index (Phi) is 3.79. The number of nitrogen functional groups attached to an aromatic ring is 1. The van der Waals surface area contributed by atoms with Crippen molar-refractivity contribution in [3.63, 3.8) is 0 Å². The molecule has 0 bridgehead atoms. The molecule has 2 N–H and O–H groups in total. The van der Waals surface area contributed by atoms with Crippen molar-refractivity contribution >= 4 is 17.3 Å². The first-order chi connectivity index (χ1) is 9.37. The number of nitrogens with zero attached hydrogens (tertiary/aromatic N) is 1. The summed E-state index contributed by atoms with van der Waals surface area (Å²) in [7, 11) is 0. The average Bonchev–Trinajstić information content (AvgIpc) is 2.38. The van der Waals surface area contributed by atoms with E-state index >= 15 is 0 Å². The number of hydrogen-bond donors (Lipinski definition) is 1. The van der Waals surface area contributed by atoms with E-state index in [1.165, 1.54) is 0 Å². The van der Waals surface area contributed by atoms with Crippen LogP contribution in [0.5, 0.6) is 5.75 Å². The van der Waals surface area contributed by atoms with E-state index in [2.05, 4.69) is 0 Å². The third-order valence-corrected chi connectivity index (χ3v) is 3.52. The van der Waals surface area contributed by atoms with E-state index in [9.17, 15) is 4.79 Å². The number of fused-ring (bicyclic) bond motifs is 1. The van der Waals surface area contributed by atoms with Gasteiger partial charge in [0.25, 0.3) is 0 Å². The largest absolute Gasteiger partial charge is 0.487 e. The number of esters is 1. The second kappa shape index (κ2) is 5.23. The number of hydrogen-bond acceptors (Lipinski definition) is 5. The van der Waals surface area contributed by atoms with E-state index in [1.54, 1.807) is 6.92 Å². The van der Waals surface area contributed by atoms with Gasteiger partial charge >= 0.3 is 5.97 Å².